The topological polar surface area (TPSA) is 86.8 Å². The molecule has 0 aliphatic carbocycles. The summed E-state index contributed by atoms with van der Waals surface area (Å²) >= 11 is 6.40. The standard InChI is InChI=1S/C32H40ClN3O4S/c1-7-24(5)34-32(38)29(8-2)35(20-26-16-12-22(3)13-17-26)31(37)21-36(30-11-9-10-28(33)25(30)6)41(39,40)27-18-14-23(4)15-19-27/h9-19,24,29H,7-8,20-21H2,1-6H3,(H,34,38)/t24-,29-/m0/s1. The second kappa shape index (κ2) is 14.0. The van der Waals surface area contributed by atoms with Gasteiger partial charge in [-0.05, 0) is 75.9 Å². The van der Waals surface area contributed by atoms with Gasteiger partial charge in [-0.25, -0.2) is 8.42 Å². The highest BCUT2D eigenvalue weighted by atomic mass is 35.5. The van der Waals surface area contributed by atoms with Gasteiger partial charge in [-0.2, -0.15) is 0 Å². The van der Waals surface area contributed by atoms with Crippen molar-refractivity contribution >= 4 is 39.1 Å². The summed E-state index contributed by atoms with van der Waals surface area (Å²) < 4.78 is 29.2. The van der Waals surface area contributed by atoms with Crippen molar-refractivity contribution in [1.82, 2.24) is 10.2 Å². The van der Waals surface area contributed by atoms with Gasteiger partial charge >= 0.3 is 0 Å². The lowest BCUT2D eigenvalue weighted by atomic mass is 10.1. The Morgan fingerprint density at radius 3 is 2.02 bits per heavy atom. The molecule has 3 rings (SSSR count). The molecule has 0 radical (unpaired) electrons. The Balaban J connectivity index is 2.10. The van der Waals surface area contributed by atoms with Gasteiger partial charge in [0.2, 0.25) is 11.8 Å². The SMILES string of the molecule is CC[C@H](C)NC(=O)[C@H](CC)N(Cc1ccc(C)cc1)C(=O)CN(c1cccc(Cl)c1C)S(=O)(=O)c1ccc(C)cc1. The minimum Gasteiger partial charge on any atom is -0.352 e. The van der Waals surface area contributed by atoms with Crippen molar-refractivity contribution in [2.24, 2.45) is 0 Å². The first kappa shape index (κ1) is 32.2. The molecule has 0 saturated carbocycles. The van der Waals surface area contributed by atoms with Crippen molar-refractivity contribution in [3.63, 3.8) is 0 Å². The van der Waals surface area contributed by atoms with Gasteiger partial charge < -0.3 is 10.2 Å². The molecule has 2 atom stereocenters. The fraction of sp³-hybridized carbons (Fsp3) is 0.375. The van der Waals surface area contributed by atoms with Crippen molar-refractivity contribution in [1.29, 1.82) is 0 Å². The number of amides is 2. The van der Waals surface area contributed by atoms with E-state index in [1.165, 1.54) is 17.0 Å². The monoisotopic (exact) mass is 597 g/mol. The number of carbonyl (C=O) groups is 2. The van der Waals surface area contributed by atoms with Gasteiger partial charge in [0, 0.05) is 17.6 Å². The number of halogens is 1. The molecule has 0 fully saturated rings. The summed E-state index contributed by atoms with van der Waals surface area (Å²) in [5.74, 6) is -0.763. The first-order valence-corrected chi connectivity index (χ1v) is 15.7. The molecular formula is C32H40ClN3O4S. The molecule has 0 unspecified atom stereocenters. The normalized spacial score (nSPS) is 12.9. The summed E-state index contributed by atoms with van der Waals surface area (Å²) in [6.45, 7) is 10.9. The Kier molecular flexibility index (Phi) is 11.0. The molecule has 1 N–H and O–H groups in total. The number of sulfonamides is 1. The van der Waals surface area contributed by atoms with Crippen LogP contribution in [0.15, 0.2) is 71.6 Å². The van der Waals surface area contributed by atoms with Crippen molar-refractivity contribution in [3.8, 4) is 0 Å². The van der Waals surface area contributed by atoms with Crippen LogP contribution in [-0.4, -0.2) is 43.8 Å². The number of anilines is 1. The molecule has 0 bridgehead atoms. The molecule has 0 heterocycles. The van der Waals surface area contributed by atoms with Crippen LogP contribution in [-0.2, 0) is 26.2 Å². The van der Waals surface area contributed by atoms with Crippen LogP contribution in [0.25, 0.3) is 0 Å². The predicted molar refractivity (Wildman–Crippen MR) is 166 cm³/mol. The molecule has 220 valence electrons. The molecule has 41 heavy (non-hydrogen) atoms. The average molecular weight is 598 g/mol. The summed E-state index contributed by atoms with van der Waals surface area (Å²) in [5.41, 5.74) is 3.65. The van der Waals surface area contributed by atoms with Gasteiger partial charge in [0.25, 0.3) is 10.0 Å². The number of hydrogen-bond donors (Lipinski definition) is 1. The van der Waals surface area contributed by atoms with Crippen LogP contribution in [0.5, 0.6) is 0 Å². The summed E-state index contributed by atoms with van der Waals surface area (Å²) in [4.78, 5) is 29.1. The number of rotatable bonds is 12. The maximum absolute atomic E-state index is 14.2. The molecule has 3 aromatic rings. The van der Waals surface area contributed by atoms with E-state index in [0.717, 1.165) is 27.4 Å². The van der Waals surface area contributed by atoms with Crippen molar-refractivity contribution < 1.29 is 18.0 Å². The van der Waals surface area contributed by atoms with Gasteiger partial charge in [-0.15, -0.1) is 0 Å². The van der Waals surface area contributed by atoms with E-state index in [-0.39, 0.29) is 23.4 Å². The number of hydrogen-bond acceptors (Lipinski definition) is 4. The average Bonchev–Trinajstić information content (AvgIpc) is 2.94. The molecule has 2 amide bonds. The molecular weight excluding hydrogens is 558 g/mol. The van der Waals surface area contributed by atoms with Crippen LogP contribution in [0.2, 0.25) is 5.02 Å². The summed E-state index contributed by atoms with van der Waals surface area (Å²) in [6, 6.07) is 18.3. The first-order chi connectivity index (χ1) is 19.4. The van der Waals surface area contributed by atoms with Crippen molar-refractivity contribution in [2.75, 3.05) is 10.8 Å². The van der Waals surface area contributed by atoms with Crippen molar-refractivity contribution in [2.45, 2.75) is 77.9 Å². The second-order valence-electron chi connectivity index (χ2n) is 10.5. The fourth-order valence-electron chi connectivity index (χ4n) is 4.47. The van der Waals surface area contributed by atoms with Crippen LogP contribution >= 0.6 is 11.6 Å². The van der Waals surface area contributed by atoms with Crippen molar-refractivity contribution in [3.05, 3.63) is 94.0 Å². The quantitative estimate of drug-likeness (QED) is 0.270. The fourth-order valence-corrected chi connectivity index (χ4v) is 6.11. The third-order valence-electron chi connectivity index (χ3n) is 7.26. The Hall–Kier alpha value is -3.36. The summed E-state index contributed by atoms with van der Waals surface area (Å²) in [5, 5.41) is 3.38. The highest BCUT2D eigenvalue weighted by molar-refractivity contribution is 7.92. The maximum atomic E-state index is 14.2. The zero-order valence-electron chi connectivity index (χ0n) is 24.6. The number of nitrogens with one attached hydrogen (secondary N) is 1. The van der Waals surface area contributed by atoms with E-state index in [0.29, 0.717) is 22.7 Å². The van der Waals surface area contributed by atoms with E-state index < -0.39 is 28.5 Å². The third kappa shape index (κ3) is 7.89. The molecule has 9 heteroatoms. The minimum absolute atomic E-state index is 0.0573. The summed E-state index contributed by atoms with van der Waals surface area (Å²) in [7, 11) is -4.17. The maximum Gasteiger partial charge on any atom is 0.264 e. The predicted octanol–water partition coefficient (Wildman–Crippen LogP) is 6.18. The van der Waals surface area contributed by atoms with E-state index in [1.807, 2.05) is 58.9 Å². The Labute approximate surface area is 249 Å². The summed E-state index contributed by atoms with van der Waals surface area (Å²) in [6.07, 6.45) is 1.10. The zero-order valence-corrected chi connectivity index (χ0v) is 26.2. The highest BCUT2D eigenvalue weighted by Crippen LogP contribution is 2.31. The van der Waals surface area contributed by atoms with Gasteiger partial charge in [0.05, 0.1) is 10.6 Å². The van der Waals surface area contributed by atoms with E-state index in [1.54, 1.807) is 37.3 Å². The van der Waals surface area contributed by atoms with E-state index in [9.17, 15) is 18.0 Å². The Morgan fingerprint density at radius 2 is 1.46 bits per heavy atom. The van der Waals surface area contributed by atoms with E-state index in [2.05, 4.69) is 5.32 Å². The first-order valence-electron chi connectivity index (χ1n) is 13.9. The van der Waals surface area contributed by atoms with Gasteiger partial charge in [0.15, 0.2) is 0 Å². The lowest BCUT2D eigenvalue weighted by Gasteiger charge is -2.34. The van der Waals surface area contributed by atoms with Crippen LogP contribution < -0.4 is 9.62 Å². The Morgan fingerprint density at radius 1 is 0.878 bits per heavy atom. The van der Waals surface area contributed by atoms with Gasteiger partial charge in [-0.1, -0.05) is 79.0 Å². The van der Waals surface area contributed by atoms with Crippen LogP contribution in [0.4, 0.5) is 5.69 Å². The van der Waals surface area contributed by atoms with Crippen LogP contribution in [0, 0.1) is 20.8 Å². The molecule has 0 aliphatic rings. The second-order valence-corrected chi connectivity index (χ2v) is 12.7. The molecule has 0 aliphatic heterocycles. The largest absolute Gasteiger partial charge is 0.352 e. The highest BCUT2D eigenvalue weighted by Gasteiger charge is 2.34. The molecule has 0 spiro atoms. The third-order valence-corrected chi connectivity index (χ3v) is 9.44. The lowest BCUT2D eigenvalue weighted by Crippen LogP contribution is -2.53. The minimum atomic E-state index is -4.17. The molecule has 0 aromatic heterocycles. The number of aryl methyl sites for hydroxylation is 2. The lowest BCUT2D eigenvalue weighted by molar-refractivity contribution is -0.140. The van der Waals surface area contributed by atoms with Gasteiger partial charge in [0.1, 0.15) is 12.6 Å². The smallest absolute Gasteiger partial charge is 0.264 e. The molecule has 7 nitrogen and oxygen atoms in total. The molecule has 0 saturated heterocycles. The van der Waals surface area contributed by atoms with Crippen LogP contribution in [0.3, 0.4) is 0 Å². The van der Waals surface area contributed by atoms with Crippen LogP contribution in [0.1, 0.15) is 55.9 Å². The van der Waals surface area contributed by atoms with Gasteiger partial charge in [-0.3, -0.25) is 13.9 Å². The molecule has 3 aromatic carbocycles. The zero-order chi connectivity index (χ0) is 30.3. The Bertz CT molecular complexity index is 1460. The number of benzene rings is 3. The number of carbonyl (C=O) groups excluding carboxylic acids is 2. The van der Waals surface area contributed by atoms with E-state index in [4.69, 9.17) is 11.6 Å². The number of nitrogens with zero attached hydrogens (tertiary/aromatic N) is 2. The van der Waals surface area contributed by atoms with E-state index >= 15 is 0 Å².